The molecule has 2 heterocycles. The summed E-state index contributed by atoms with van der Waals surface area (Å²) in [6.45, 7) is 1.47. The smallest absolute Gasteiger partial charge is 0.239 e. The van der Waals surface area contributed by atoms with Crippen molar-refractivity contribution in [3.63, 3.8) is 0 Å². The highest BCUT2D eigenvalue weighted by Gasteiger charge is 2.26. The van der Waals surface area contributed by atoms with Crippen LogP contribution in [-0.4, -0.2) is 39.9 Å². The maximum atomic E-state index is 13.0. The van der Waals surface area contributed by atoms with Gasteiger partial charge in [-0.1, -0.05) is 12.1 Å². The molecule has 1 aliphatic heterocycles. The van der Waals surface area contributed by atoms with E-state index in [0.717, 1.165) is 43.6 Å². The normalized spacial score (nSPS) is 17.0. The predicted octanol–water partition coefficient (Wildman–Crippen LogP) is 1.90. The first kappa shape index (κ1) is 16.6. The Morgan fingerprint density at radius 2 is 2.04 bits per heavy atom. The molecule has 3 rings (SSSR count). The molecule has 6 heteroatoms. The highest BCUT2D eigenvalue weighted by atomic mass is 19.1. The first-order valence-electron chi connectivity index (χ1n) is 8.38. The number of imidazole rings is 1. The van der Waals surface area contributed by atoms with Crippen LogP contribution in [0.15, 0.2) is 36.8 Å². The van der Waals surface area contributed by atoms with Gasteiger partial charge in [-0.15, -0.1) is 0 Å². The van der Waals surface area contributed by atoms with Crippen molar-refractivity contribution >= 4 is 5.91 Å². The highest BCUT2D eigenvalue weighted by molar-refractivity contribution is 5.82. The lowest BCUT2D eigenvalue weighted by Gasteiger charge is -2.33. The van der Waals surface area contributed by atoms with Gasteiger partial charge in [0, 0.05) is 31.4 Å². The number of rotatable bonds is 5. The van der Waals surface area contributed by atoms with E-state index in [1.165, 1.54) is 12.1 Å². The van der Waals surface area contributed by atoms with Crippen molar-refractivity contribution in [2.45, 2.75) is 31.7 Å². The Morgan fingerprint density at radius 3 is 2.67 bits per heavy atom. The number of aromatic nitrogens is 2. The number of likely N-dealkylation sites (tertiary alicyclic amines) is 1. The van der Waals surface area contributed by atoms with Gasteiger partial charge in [0.2, 0.25) is 5.91 Å². The second-order valence-corrected chi connectivity index (χ2v) is 6.49. The van der Waals surface area contributed by atoms with Gasteiger partial charge in [0.15, 0.2) is 0 Å². The number of hydrogen-bond acceptors (Lipinski definition) is 3. The molecule has 1 aromatic heterocycles. The lowest BCUT2D eigenvalue weighted by atomic mass is 9.90. The zero-order valence-electron chi connectivity index (χ0n) is 13.6. The fourth-order valence-electron chi connectivity index (χ4n) is 3.27. The summed E-state index contributed by atoms with van der Waals surface area (Å²) in [6, 6.07) is 6.16. The summed E-state index contributed by atoms with van der Waals surface area (Å²) in [7, 11) is 0. The number of hydrogen-bond donors (Lipinski definition) is 2. The molecule has 1 atom stereocenters. The first-order chi connectivity index (χ1) is 11.6. The number of nitrogens with zero attached hydrogens (tertiary/aromatic N) is 2. The lowest BCUT2D eigenvalue weighted by Crippen LogP contribution is -2.48. The molecular formula is C18H23FN4O. The van der Waals surface area contributed by atoms with Crippen molar-refractivity contribution in [3.8, 4) is 0 Å². The van der Waals surface area contributed by atoms with Crippen molar-refractivity contribution in [1.82, 2.24) is 14.9 Å². The molecule has 0 saturated carbocycles. The van der Waals surface area contributed by atoms with Crippen LogP contribution >= 0.6 is 0 Å². The average molecular weight is 330 g/mol. The number of nitrogens with one attached hydrogen (secondary N) is 1. The molecule has 3 N–H and O–H groups in total. The topological polar surface area (TPSA) is 75.0 Å². The molecule has 24 heavy (non-hydrogen) atoms. The van der Waals surface area contributed by atoms with E-state index in [1.54, 1.807) is 12.5 Å². The summed E-state index contributed by atoms with van der Waals surface area (Å²) >= 11 is 0. The van der Waals surface area contributed by atoms with E-state index in [0.29, 0.717) is 12.3 Å². The fraction of sp³-hybridized carbons (Fsp3) is 0.444. The third kappa shape index (κ3) is 4.20. The average Bonchev–Trinajstić information content (AvgIpc) is 3.10. The van der Waals surface area contributed by atoms with Crippen molar-refractivity contribution in [3.05, 3.63) is 53.9 Å². The molecular weight excluding hydrogens is 307 g/mol. The zero-order chi connectivity index (χ0) is 16.9. The molecule has 1 amide bonds. The van der Waals surface area contributed by atoms with E-state index in [-0.39, 0.29) is 11.7 Å². The summed E-state index contributed by atoms with van der Waals surface area (Å²) in [4.78, 5) is 21.2. The Morgan fingerprint density at radius 1 is 1.33 bits per heavy atom. The summed E-state index contributed by atoms with van der Waals surface area (Å²) in [6.07, 6.45) is 6.62. The van der Waals surface area contributed by atoms with Gasteiger partial charge in [0.1, 0.15) is 5.82 Å². The molecule has 1 fully saturated rings. The Labute approximate surface area is 141 Å². The monoisotopic (exact) mass is 330 g/mol. The van der Waals surface area contributed by atoms with Crippen molar-refractivity contribution in [2.75, 3.05) is 13.1 Å². The molecule has 0 unspecified atom stereocenters. The van der Waals surface area contributed by atoms with Crippen LogP contribution in [0.1, 0.15) is 24.1 Å². The van der Waals surface area contributed by atoms with E-state index in [9.17, 15) is 9.18 Å². The van der Waals surface area contributed by atoms with Crippen LogP contribution in [-0.2, 0) is 17.6 Å². The van der Waals surface area contributed by atoms with Gasteiger partial charge in [-0.05, 0) is 42.9 Å². The molecule has 0 bridgehead atoms. The van der Waals surface area contributed by atoms with Gasteiger partial charge in [-0.3, -0.25) is 4.79 Å². The Hall–Kier alpha value is -2.21. The van der Waals surface area contributed by atoms with E-state index >= 15 is 0 Å². The van der Waals surface area contributed by atoms with Gasteiger partial charge in [0.05, 0.1) is 12.4 Å². The summed E-state index contributed by atoms with van der Waals surface area (Å²) in [5.41, 5.74) is 8.06. The predicted molar refractivity (Wildman–Crippen MR) is 89.7 cm³/mol. The number of halogens is 1. The Kier molecular flexibility index (Phi) is 5.25. The Balaban J connectivity index is 1.47. The van der Waals surface area contributed by atoms with Gasteiger partial charge in [0.25, 0.3) is 0 Å². The third-order valence-corrected chi connectivity index (χ3v) is 4.68. The van der Waals surface area contributed by atoms with E-state index in [4.69, 9.17) is 5.73 Å². The minimum atomic E-state index is -0.529. The van der Waals surface area contributed by atoms with E-state index < -0.39 is 6.04 Å². The lowest BCUT2D eigenvalue weighted by molar-refractivity contribution is -0.134. The maximum Gasteiger partial charge on any atom is 0.239 e. The second-order valence-electron chi connectivity index (χ2n) is 6.49. The second kappa shape index (κ2) is 7.57. The SMILES string of the molecule is N[C@@H](Cc1cnc[nH]1)C(=O)N1CCC(Cc2ccc(F)cc2)CC1. The largest absolute Gasteiger partial charge is 0.348 e. The molecule has 0 spiro atoms. The minimum absolute atomic E-state index is 0.00447. The van der Waals surface area contributed by atoms with Crippen LogP contribution in [0.4, 0.5) is 4.39 Å². The summed E-state index contributed by atoms with van der Waals surface area (Å²) < 4.78 is 13.0. The van der Waals surface area contributed by atoms with Crippen LogP contribution in [0.2, 0.25) is 0 Å². The maximum absolute atomic E-state index is 13.0. The van der Waals surface area contributed by atoms with Crippen LogP contribution in [0.3, 0.4) is 0 Å². The first-order valence-corrected chi connectivity index (χ1v) is 8.38. The third-order valence-electron chi connectivity index (χ3n) is 4.68. The number of benzene rings is 1. The minimum Gasteiger partial charge on any atom is -0.348 e. The van der Waals surface area contributed by atoms with Gasteiger partial charge >= 0.3 is 0 Å². The van der Waals surface area contributed by atoms with Crippen LogP contribution < -0.4 is 5.73 Å². The molecule has 1 aliphatic rings. The quantitative estimate of drug-likeness (QED) is 0.879. The van der Waals surface area contributed by atoms with E-state index in [1.807, 2.05) is 17.0 Å². The molecule has 1 aromatic carbocycles. The molecule has 0 radical (unpaired) electrons. The summed E-state index contributed by atoms with van der Waals surface area (Å²) in [5.74, 6) is 0.332. The summed E-state index contributed by atoms with van der Waals surface area (Å²) in [5, 5.41) is 0. The molecule has 128 valence electrons. The Bertz CT molecular complexity index is 648. The molecule has 1 saturated heterocycles. The molecule has 0 aliphatic carbocycles. The van der Waals surface area contributed by atoms with Crippen LogP contribution in [0.25, 0.3) is 0 Å². The van der Waals surface area contributed by atoms with Crippen molar-refractivity contribution in [1.29, 1.82) is 0 Å². The standard InChI is InChI=1S/C18H23FN4O/c19-15-3-1-13(2-4-15)9-14-5-7-23(8-6-14)18(24)17(20)10-16-11-21-12-22-16/h1-4,11-12,14,17H,5-10,20H2,(H,21,22)/t17-/m0/s1. The van der Waals surface area contributed by atoms with E-state index in [2.05, 4.69) is 9.97 Å². The van der Waals surface area contributed by atoms with Gasteiger partial charge in [-0.2, -0.15) is 0 Å². The van der Waals surface area contributed by atoms with Crippen molar-refractivity contribution < 1.29 is 9.18 Å². The molecule has 2 aromatic rings. The highest BCUT2D eigenvalue weighted by Crippen LogP contribution is 2.22. The van der Waals surface area contributed by atoms with Crippen LogP contribution in [0, 0.1) is 11.7 Å². The fourth-order valence-corrected chi connectivity index (χ4v) is 3.27. The number of aromatic amines is 1. The van der Waals surface area contributed by atoms with Gasteiger partial charge < -0.3 is 15.6 Å². The van der Waals surface area contributed by atoms with Crippen LogP contribution in [0.5, 0.6) is 0 Å². The molecule has 5 nitrogen and oxygen atoms in total. The number of nitrogens with two attached hydrogens (primary N) is 1. The van der Waals surface area contributed by atoms with Gasteiger partial charge in [-0.25, -0.2) is 9.37 Å². The van der Waals surface area contributed by atoms with Crippen molar-refractivity contribution in [2.24, 2.45) is 11.7 Å². The zero-order valence-corrected chi connectivity index (χ0v) is 13.6. The number of carbonyl (C=O) groups is 1. The number of amides is 1. The number of carbonyl (C=O) groups excluding carboxylic acids is 1. The number of H-pyrrole nitrogens is 1. The number of piperidine rings is 1.